The van der Waals surface area contributed by atoms with Crippen molar-refractivity contribution in [1.29, 1.82) is 0 Å². The molecule has 1 heterocycles. The predicted molar refractivity (Wildman–Crippen MR) is 53.6 cm³/mol. The van der Waals surface area contributed by atoms with Crippen LogP contribution < -0.4 is 0 Å². The number of amides is 2. The summed E-state index contributed by atoms with van der Waals surface area (Å²) in [4.78, 5) is 23.1. The highest BCUT2D eigenvalue weighted by Gasteiger charge is 2.61. The first kappa shape index (κ1) is 14.7. The lowest BCUT2D eigenvalue weighted by Gasteiger charge is -2.26. The molecule has 1 rings (SSSR count). The van der Waals surface area contributed by atoms with Gasteiger partial charge in [-0.2, -0.15) is 13.2 Å². The van der Waals surface area contributed by atoms with Crippen LogP contribution in [-0.2, 0) is 9.53 Å². The molecule has 1 saturated heterocycles. The lowest BCUT2D eigenvalue weighted by atomic mass is 10.0. The van der Waals surface area contributed by atoms with Crippen molar-refractivity contribution >= 4 is 12.0 Å². The van der Waals surface area contributed by atoms with Gasteiger partial charge in [-0.3, -0.25) is 4.79 Å². The SMILES string of the molecule is CC(C)(C)OC(=O)N1CC(O)(C(F)(F)F)CC1=O. The second-order valence-corrected chi connectivity index (χ2v) is 5.17. The molecule has 1 fully saturated rings. The van der Waals surface area contributed by atoms with Crippen LogP contribution in [0.3, 0.4) is 0 Å². The van der Waals surface area contributed by atoms with E-state index in [9.17, 15) is 27.9 Å². The summed E-state index contributed by atoms with van der Waals surface area (Å²) in [7, 11) is 0. The number of carbonyl (C=O) groups excluding carboxylic acids is 2. The highest BCUT2D eigenvalue weighted by atomic mass is 19.4. The average Bonchev–Trinajstić information content (AvgIpc) is 2.38. The van der Waals surface area contributed by atoms with Gasteiger partial charge in [-0.25, -0.2) is 9.69 Å². The minimum absolute atomic E-state index is 0.277. The number of likely N-dealkylation sites (tertiary alicyclic amines) is 1. The number of nitrogens with zero attached hydrogens (tertiary/aromatic N) is 1. The summed E-state index contributed by atoms with van der Waals surface area (Å²) < 4.78 is 42.3. The normalized spacial score (nSPS) is 25.5. The Kier molecular flexibility index (Phi) is 3.37. The Morgan fingerprint density at radius 3 is 2.22 bits per heavy atom. The molecular formula is C10H14F3NO4. The summed E-state index contributed by atoms with van der Waals surface area (Å²) in [5.74, 6) is -1.11. The summed E-state index contributed by atoms with van der Waals surface area (Å²) in [5.41, 5.74) is -4.13. The van der Waals surface area contributed by atoms with E-state index in [1.807, 2.05) is 0 Å². The lowest BCUT2D eigenvalue weighted by Crippen LogP contribution is -2.48. The summed E-state index contributed by atoms with van der Waals surface area (Å²) >= 11 is 0. The number of ether oxygens (including phenoxy) is 1. The fourth-order valence-electron chi connectivity index (χ4n) is 1.42. The van der Waals surface area contributed by atoms with Crippen molar-refractivity contribution < 1.29 is 32.6 Å². The molecule has 0 aromatic carbocycles. The number of hydrogen-bond acceptors (Lipinski definition) is 4. The molecule has 1 atom stereocenters. The van der Waals surface area contributed by atoms with Gasteiger partial charge in [0.25, 0.3) is 0 Å². The maximum Gasteiger partial charge on any atom is 0.419 e. The van der Waals surface area contributed by atoms with Crippen LogP contribution in [0.5, 0.6) is 0 Å². The van der Waals surface area contributed by atoms with E-state index in [4.69, 9.17) is 4.74 Å². The number of rotatable bonds is 0. The van der Waals surface area contributed by atoms with Crippen molar-refractivity contribution in [1.82, 2.24) is 4.90 Å². The molecule has 0 spiro atoms. The van der Waals surface area contributed by atoms with Gasteiger partial charge in [0.1, 0.15) is 5.60 Å². The first-order chi connectivity index (χ1) is 7.86. The monoisotopic (exact) mass is 269 g/mol. The maximum absolute atomic E-state index is 12.5. The molecule has 1 N–H and O–H groups in total. The maximum atomic E-state index is 12.5. The van der Waals surface area contributed by atoms with E-state index in [0.717, 1.165) is 0 Å². The van der Waals surface area contributed by atoms with Gasteiger partial charge in [0, 0.05) is 0 Å². The van der Waals surface area contributed by atoms with E-state index in [2.05, 4.69) is 0 Å². The molecule has 0 radical (unpaired) electrons. The van der Waals surface area contributed by atoms with Crippen LogP contribution >= 0.6 is 0 Å². The van der Waals surface area contributed by atoms with E-state index in [1.54, 1.807) is 0 Å². The van der Waals surface area contributed by atoms with E-state index in [1.165, 1.54) is 20.8 Å². The zero-order valence-electron chi connectivity index (χ0n) is 10.2. The third-order valence-electron chi connectivity index (χ3n) is 2.31. The van der Waals surface area contributed by atoms with E-state index in [0.29, 0.717) is 0 Å². The number of hydrogen-bond donors (Lipinski definition) is 1. The number of carbonyl (C=O) groups is 2. The minimum atomic E-state index is -4.97. The summed E-state index contributed by atoms with van der Waals surface area (Å²) in [6.07, 6.45) is -7.33. The highest BCUT2D eigenvalue weighted by Crippen LogP contribution is 2.38. The smallest absolute Gasteiger partial charge is 0.419 e. The second-order valence-electron chi connectivity index (χ2n) is 5.17. The van der Waals surface area contributed by atoms with Gasteiger partial charge < -0.3 is 9.84 Å². The molecule has 2 amide bonds. The molecular weight excluding hydrogens is 255 g/mol. The highest BCUT2D eigenvalue weighted by molar-refractivity contribution is 5.94. The number of halogens is 3. The number of imide groups is 1. The van der Waals surface area contributed by atoms with Gasteiger partial charge in [0.15, 0.2) is 5.60 Å². The number of aliphatic hydroxyl groups is 1. The van der Waals surface area contributed by atoms with Crippen molar-refractivity contribution in [3.63, 3.8) is 0 Å². The Bertz CT molecular complexity index is 374. The Hall–Kier alpha value is -1.31. The van der Waals surface area contributed by atoms with E-state index in [-0.39, 0.29) is 4.90 Å². The van der Waals surface area contributed by atoms with Gasteiger partial charge in [-0.05, 0) is 20.8 Å². The molecule has 5 nitrogen and oxygen atoms in total. The van der Waals surface area contributed by atoms with Crippen LogP contribution in [0.2, 0.25) is 0 Å². The van der Waals surface area contributed by atoms with Crippen molar-refractivity contribution in [2.45, 2.75) is 44.6 Å². The lowest BCUT2D eigenvalue weighted by molar-refractivity contribution is -0.253. The van der Waals surface area contributed by atoms with E-state index >= 15 is 0 Å². The minimum Gasteiger partial charge on any atom is -0.443 e. The zero-order chi connectivity index (χ0) is 14.4. The summed E-state index contributed by atoms with van der Waals surface area (Å²) in [5, 5.41) is 9.32. The second kappa shape index (κ2) is 4.11. The van der Waals surface area contributed by atoms with Gasteiger partial charge in [0.2, 0.25) is 5.91 Å². The number of β-amino-alcohol motifs (C(OH)–C–C–N with tert-alkyl or cyclic N) is 1. The molecule has 18 heavy (non-hydrogen) atoms. The first-order valence-electron chi connectivity index (χ1n) is 5.18. The van der Waals surface area contributed by atoms with E-state index < -0.39 is 42.3 Å². The fraction of sp³-hybridized carbons (Fsp3) is 0.800. The van der Waals surface area contributed by atoms with Crippen molar-refractivity contribution in [3.05, 3.63) is 0 Å². The molecule has 8 heteroatoms. The molecule has 0 aromatic heterocycles. The Morgan fingerprint density at radius 2 is 1.89 bits per heavy atom. The van der Waals surface area contributed by atoms with Gasteiger partial charge in [-0.1, -0.05) is 0 Å². The zero-order valence-corrected chi connectivity index (χ0v) is 10.2. The van der Waals surface area contributed by atoms with Gasteiger partial charge in [-0.15, -0.1) is 0 Å². The molecule has 0 aliphatic carbocycles. The topological polar surface area (TPSA) is 66.8 Å². The molecule has 0 bridgehead atoms. The van der Waals surface area contributed by atoms with Crippen LogP contribution in [0.15, 0.2) is 0 Å². The van der Waals surface area contributed by atoms with Crippen LogP contribution in [0.25, 0.3) is 0 Å². The van der Waals surface area contributed by atoms with Crippen molar-refractivity contribution in [3.8, 4) is 0 Å². The van der Waals surface area contributed by atoms with Crippen LogP contribution in [-0.4, -0.2) is 45.9 Å². The Balaban J connectivity index is 2.83. The largest absolute Gasteiger partial charge is 0.443 e. The molecule has 1 aliphatic heterocycles. The third kappa shape index (κ3) is 2.92. The summed E-state index contributed by atoms with van der Waals surface area (Å²) in [6.45, 7) is 3.41. The first-order valence-corrected chi connectivity index (χ1v) is 5.18. The molecule has 1 aliphatic rings. The quantitative estimate of drug-likeness (QED) is 0.722. The van der Waals surface area contributed by atoms with Gasteiger partial charge in [0.05, 0.1) is 13.0 Å². The Labute approximate surface area is 102 Å². The van der Waals surface area contributed by atoms with Crippen LogP contribution in [0, 0.1) is 0 Å². The third-order valence-corrected chi connectivity index (χ3v) is 2.31. The summed E-state index contributed by atoms with van der Waals surface area (Å²) in [6, 6.07) is 0. The van der Waals surface area contributed by atoms with Crippen molar-refractivity contribution in [2.24, 2.45) is 0 Å². The van der Waals surface area contributed by atoms with Crippen molar-refractivity contribution in [2.75, 3.05) is 6.54 Å². The average molecular weight is 269 g/mol. The van der Waals surface area contributed by atoms with Crippen LogP contribution in [0.4, 0.5) is 18.0 Å². The Morgan fingerprint density at radius 1 is 1.39 bits per heavy atom. The number of alkyl halides is 3. The van der Waals surface area contributed by atoms with Gasteiger partial charge >= 0.3 is 12.3 Å². The molecule has 0 saturated carbocycles. The fourth-order valence-corrected chi connectivity index (χ4v) is 1.42. The molecule has 1 unspecified atom stereocenters. The predicted octanol–water partition coefficient (Wildman–Crippen LogP) is 1.45. The standard InChI is InChI=1S/C10H14F3NO4/c1-8(2,3)18-7(16)14-5-9(17,4-6(14)15)10(11,12)13/h17H,4-5H2,1-3H3. The molecule has 0 aromatic rings. The molecule has 104 valence electrons. The van der Waals surface area contributed by atoms with Crippen LogP contribution in [0.1, 0.15) is 27.2 Å².